The van der Waals surface area contributed by atoms with E-state index in [1.54, 1.807) is 0 Å². The van der Waals surface area contributed by atoms with Crippen molar-refractivity contribution < 1.29 is 4.74 Å². The van der Waals surface area contributed by atoms with Crippen LogP contribution in [0.3, 0.4) is 0 Å². The van der Waals surface area contributed by atoms with E-state index in [1.165, 1.54) is 37.9 Å². The second kappa shape index (κ2) is 11.5. The second-order valence-electron chi connectivity index (χ2n) is 7.29. The zero-order valence-electron chi connectivity index (χ0n) is 15.3. The summed E-state index contributed by atoms with van der Waals surface area (Å²) in [5.74, 6) is 3.74. The van der Waals surface area contributed by atoms with Crippen molar-refractivity contribution >= 4 is 11.8 Å². The van der Waals surface area contributed by atoms with Crippen LogP contribution in [-0.2, 0) is 4.74 Å². The molecular weight excluding hydrogens is 276 g/mol. The molecule has 0 amide bonds. The average Bonchev–Trinajstić information content (AvgIpc) is 2.42. The van der Waals surface area contributed by atoms with Gasteiger partial charge < -0.3 is 4.74 Å². The highest BCUT2D eigenvalue weighted by atomic mass is 32.2. The molecule has 0 aromatic carbocycles. The summed E-state index contributed by atoms with van der Waals surface area (Å²) in [4.78, 5) is 0. The largest absolute Gasteiger partial charge is 0.498 e. The van der Waals surface area contributed by atoms with Crippen LogP contribution in [0.4, 0.5) is 0 Å². The second-order valence-corrected chi connectivity index (χ2v) is 8.28. The van der Waals surface area contributed by atoms with E-state index < -0.39 is 0 Å². The van der Waals surface area contributed by atoms with Crippen LogP contribution in [0, 0.1) is 17.3 Å². The molecule has 2 heteroatoms. The highest BCUT2D eigenvalue weighted by Crippen LogP contribution is 2.31. The predicted molar refractivity (Wildman–Crippen MR) is 99.0 cm³/mol. The van der Waals surface area contributed by atoms with Crippen LogP contribution in [0.1, 0.15) is 73.1 Å². The molecule has 0 saturated carbocycles. The van der Waals surface area contributed by atoms with Crippen LogP contribution in [-0.4, -0.2) is 18.6 Å². The number of ether oxygens (including phenoxy) is 1. The van der Waals surface area contributed by atoms with Crippen molar-refractivity contribution in [1.82, 2.24) is 0 Å². The van der Waals surface area contributed by atoms with Gasteiger partial charge in [-0.25, -0.2) is 0 Å². The van der Waals surface area contributed by atoms with Crippen LogP contribution in [0.25, 0.3) is 0 Å². The lowest BCUT2D eigenvalue weighted by Gasteiger charge is -2.28. The van der Waals surface area contributed by atoms with Gasteiger partial charge in [0, 0.05) is 5.41 Å². The summed E-state index contributed by atoms with van der Waals surface area (Å²) in [5, 5.41) is 0. The number of rotatable bonds is 13. The lowest BCUT2D eigenvalue weighted by Crippen LogP contribution is -2.18. The van der Waals surface area contributed by atoms with Crippen LogP contribution in [0.2, 0.25) is 0 Å². The molecule has 21 heavy (non-hydrogen) atoms. The summed E-state index contributed by atoms with van der Waals surface area (Å²) in [5.41, 5.74) is 0.111. The Morgan fingerprint density at radius 2 is 1.76 bits per heavy atom. The maximum atomic E-state index is 5.95. The topological polar surface area (TPSA) is 9.23 Å². The van der Waals surface area contributed by atoms with Crippen molar-refractivity contribution in [2.45, 2.75) is 73.1 Å². The number of thioether (sulfide) groups is 1. The predicted octanol–water partition coefficient (Wildman–Crippen LogP) is 6.54. The molecule has 2 atom stereocenters. The molecule has 0 bridgehead atoms. The number of hydrogen-bond donors (Lipinski definition) is 0. The third-order valence-electron chi connectivity index (χ3n) is 4.37. The van der Waals surface area contributed by atoms with Crippen molar-refractivity contribution in [2.75, 3.05) is 18.6 Å². The van der Waals surface area contributed by atoms with Crippen molar-refractivity contribution in [1.29, 1.82) is 0 Å². The smallest absolute Gasteiger partial charge is 0.0944 e. The molecule has 0 saturated heterocycles. The lowest BCUT2D eigenvalue weighted by molar-refractivity contribution is 0.109. The van der Waals surface area contributed by atoms with Gasteiger partial charge in [0.15, 0.2) is 0 Å². The van der Waals surface area contributed by atoms with E-state index in [9.17, 15) is 0 Å². The van der Waals surface area contributed by atoms with Crippen LogP contribution in [0.5, 0.6) is 0 Å². The molecule has 0 aliphatic carbocycles. The molecule has 0 aromatic heterocycles. The molecule has 0 N–H and O–H groups in total. The summed E-state index contributed by atoms with van der Waals surface area (Å²) in [7, 11) is 0. The molecule has 0 aliphatic rings. The fourth-order valence-corrected chi connectivity index (χ4v) is 3.03. The van der Waals surface area contributed by atoms with E-state index in [-0.39, 0.29) is 5.41 Å². The molecule has 0 rings (SSSR count). The summed E-state index contributed by atoms with van der Waals surface area (Å²) < 4.78 is 5.95. The van der Waals surface area contributed by atoms with Gasteiger partial charge in [0.1, 0.15) is 0 Å². The number of allylic oxidation sites excluding steroid dienone is 1. The molecule has 126 valence electrons. The number of hydrogen-bond acceptors (Lipinski definition) is 2. The van der Waals surface area contributed by atoms with Gasteiger partial charge in [-0.15, -0.1) is 0 Å². The highest BCUT2D eigenvalue weighted by molar-refractivity contribution is 7.98. The fourth-order valence-electron chi connectivity index (χ4n) is 2.58. The van der Waals surface area contributed by atoms with Crippen LogP contribution >= 0.6 is 11.8 Å². The molecule has 0 aliphatic heterocycles. The molecule has 0 fully saturated rings. The van der Waals surface area contributed by atoms with Gasteiger partial charge in [-0.3, -0.25) is 0 Å². The fraction of sp³-hybridized carbons (Fsp3) is 0.895. The normalized spacial score (nSPS) is 14.8. The molecule has 2 unspecified atom stereocenters. The summed E-state index contributed by atoms with van der Waals surface area (Å²) in [6, 6.07) is 0. The first-order valence-corrected chi connectivity index (χ1v) is 10.0. The monoisotopic (exact) mass is 314 g/mol. The molecule has 0 heterocycles. The molecule has 0 spiro atoms. The first kappa shape index (κ1) is 20.9. The lowest BCUT2D eigenvalue weighted by atomic mass is 9.86. The summed E-state index contributed by atoms with van der Waals surface area (Å²) in [6.45, 7) is 16.3. The Bertz CT molecular complexity index is 273. The quantitative estimate of drug-likeness (QED) is 0.282. The van der Waals surface area contributed by atoms with Gasteiger partial charge in [0.25, 0.3) is 0 Å². The molecular formula is C19H38OS. The maximum Gasteiger partial charge on any atom is 0.0944 e. The van der Waals surface area contributed by atoms with Crippen molar-refractivity contribution in [3.05, 3.63) is 12.3 Å². The first-order chi connectivity index (χ1) is 9.83. The third kappa shape index (κ3) is 10.3. The van der Waals surface area contributed by atoms with Crippen molar-refractivity contribution in [2.24, 2.45) is 17.3 Å². The van der Waals surface area contributed by atoms with Crippen LogP contribution < -0.4 is 0 Å². The maximum absolute atomic E-state index is 5.95. The molecule has 1 nitrogen and oxygen atoms in total. The Balaban J connectivity index is 3.84. The summed E-state index contributed by atoms with van der Waals surface area (Å²) in [6.07, 6.45) is 9.83. The Morgan fingerprint density at radius 3 is 2.33 bits per heavy atom. The SMILES string of the molecule is C=C(OCC(C)CCC(C)CCCSC)C(C)(C)CCC. The summed E-state index contributed by atoms with van der Waals surface area (Å²) >= 11 is 1.96. The average molecular weight is 315 g/mol. The first-order valence-electron chi connectivity index (χ1n) is 8.64. The van der Waals surface area contributed by atoms with E-state index in [1.807, 2.05) is 11.8 Å². The zero-order chi connectivity index (χ0) is 16.3. The zero-order valence-corrected chi connectivity index (χ0v) is 16.2. The van der Waals surface area contributed by atoms with Gasteiger partial charge in [0.05, 0.1) is 12.4 Å². The third-order valence-corrected chi connectivity index (χ3v) is 5.07. The Morgan fingerprint density at radius 1 is 1.14 bits per heavy atom. The standard InChI is InChI=1S/C19H38OS/c1-8-13-19(5,6)18(4)20-15-17(3)12-11-16(2)10-9-14-21-7/h16-17H,4,8-15H2,1-3,5-7H3. The van der Waals surface area contributed by atoms with Gasteiger partial charge in [-0.2, -0.15) is 11.8 Å². The minimum atomic E-state index is 0.111. The molecule has 0 radical (unpaired) electrons. The van der Waals surface area contributed by atoms with E-state index in [4.69, 9.17) is 4.74 Å². The van der Waals surface area contributed by atoms with Gasteiger partial charge in [-0.1, -0.05) is 54.0 Å². The van der Waals surface area contributed by atoms with Crippen molar-refractivity contribution in [3.8, 4) is 0 Å². The van der Waals surface area contributed by atoms with E-state index in [0.717, 1.165) is 24.7 Å². The Hall–Kier alpha value is -0.110. The Kier molecular flexibility index (Phi) is 11.4. The van der Waals surface area contributed by atoms with Crippen LogP contribution in [0.15, 0.2) is 12.3 Å². The Labute approximate surface area is 138 Å². The highest BCUT2D eigenvalue weighted by Gasteiger charge is 2.22. The van der Waals surface area contributed by atoms with E-state index >= 15 is 0 Å². The minimum Gasteiger partial charge on any atom is -0.498 e. The van der Waals surface area contributed by atoms with E-state index in [0.29, 0.717) is 5.92 Å². The van der Waals surface area contributed by atoms with Crippen molar-refractivity contribution in [3.63, 3.8) is 0 Å². The van der Waals surface area contributed by atoms with Gasteiger partial charge in [0.2, 0.25) is 0 Å². The van der Waals surface area contributed by atoms with Gasteiger partial charge >= 0.3 is 0 Å². The van der Waals surface area contributed by atoms with Gasteiger partial charge in [-0.05, 0) is 49.5 Å². The van der Waals surface area contributed by atoms with E-state index in [2.05, 4.69) is 47.5 Å². The minimum absolute atomic E-state index is 0.111. The molecule has 0 aromatic rings.